The van der Waals surface area contributed by atoms with E-state index in [4.69, 9.17) is 16.3 Å². The number of hydrogen-bond acceptors (Lipinski definition) is 1. The molecule has 112 valence electrons. The van der Waals surface area contributed by atoms with E-state index in [0.29, 0.717) is 5.92 Å². The molecule has 0 saturated heterocycles. The van der Waals surface area contributed by atoms with Crippen LogP contribution in [0.4, 0.5) is 0 Å². The van der Waals surface area contributed by atoms with Crippen LogP contribution in [0.1, 0.15) is 56.9 Å². The second kappa shape index (κ2) is 6.70. The summed E-state index contributed by atoms with van der Waals surface area (Å²) >= 11 is 10.5. The Kier molecular flexibility index (Phi) is 5.42. The number of alkyl halides is 1. The van der Waals surface area contributed by atoms with Crippen LogP contribution in [0.2, 0.25) is 0 Å². The molecule has 1 aliphatic carbocycles. The molecule has 1 fully saturated rings. The first kappa shape index (κ1) is 16.2. The monoisotopic (exact) mass is 358 g/mol. The molecule has 1 atom stereocenters. The maximum absolute atomic E-state index is 6.92. The molecule has 2 rings (SSSR count). The van der Waals surface area contributed by atoms with Gasteiger partial charge in [0, 0.05) is 0 Å². The topological polar surface area (TPSA) is 9.23 Å². The molecule has 1 aliphatic rings. The summed E-state index contributed by atoms with van der Waals surface area (Å²) in [6.45, 7) is 4.60. The van der Waals surface area contributed by atoms with Crippen molar-refractivity contribution in [3.63, 3.8) is 0 Å². The van der Waals surface area contributed by atoms with Crippen molar-refractivity contribution in [2.75, 3.05) is 7.11 Å². The smallest absolute Gasteiger partial charge is 0.133 e. The Morgan fingerprint density at radius 1 is 1.30 bits per heavy atom. The van der Waals surface area contributed by atoms with Gasteiger partial charge in [0.05, 0.1) is 17.0 Å². The second-order valence-electron chi connectivity index (χ2n) is 6.42. The molecular formula is C17H24BrClO. The molecular weight excluding hydrogens is 336 g/mol. The van der Waals surface area contributed by atoms with Crippen LogP contribution >= 0.6 is 27.5 Å². The summed E-state index contributed by atoms with van der Waals surface area (Å²) in [5, 5.41) is 0.0922. The van der Waals surface area contributed by atoms with E-state index in [0.717, 1.165) is 10.2 Å². The maximum Gasteiger partial charge on any atom is 0.133 e. The molecule has 20 heavy (non-hydrogen) atoms. The van der Waals surface area contributed by atoms with Crippen LogP contribution in [0.25, 0.3) is 0 Å². The first-order chi connectivity index (χ1) is 9.48. The van der Waals surface area contributed by atoms with Crippen LogP contribution in [0, 0.1) is 11.3 Å². The van der Waals surface area contributed by atoms with Crippen LogP contribution in [0.15, 0.2) is 22.7 Å². The summed E-state index contributed by atoms with van der Waals surface area (Å²) in [6.07, 6.45) is 6.34. The number of ether oxygens (including phenoxy) is 1. The Morgan fingerprint density at radius 3 is 2.45 bits per heavy atom. The van der Waals surface area contributed by atoms with Gasteiger partial charge < -0.3 is 4.74 Å². The van der Waals surface area contributed by atoms with Crippen LogP contribution in [-0.4, -0.2) is 7.11 Å². The lowest BCUT2D eigenvalue weighted by atomic mass is 9.73. The van der Waals surface area contributed by atoms with Crippen molar-refractivity contribution in [1.29, 1.82) is 0 Å². The molecule has 0 N–H and O–H groups in total. The Balaban J connectivity index is 2.27. The van der Waals surface area contributed by atoms with Gasteiger partial charge in [0.2, 0.25) is 0 Å². The standard InChI is InChI=1S/C17H24BrClO/c1-12(2)11-17(8-4-5-9-17)16(19)13-6-7-15(20-3)14(18)10-13/h6-7,10,12,16H,4-5,8-9,11H2,1-3H3. The highest BCUT2D eigenvalue weighted by Gasteiger charge is 2.41. The summed E-state index contributed by atoms with van der Waals surface area (Å²) in [7, 11) is 1.69. The lowest BCUT2D eigenvalue weighted by Gasteiger charge is -2.36. The zero-order valence-electron chi connectivity index (χ0n) is 12.6. The summed E-state index contributed by atoms with van der Waals surface area (Å²) in [5.74, 6) is 1.55. The summed E-state index contributed by atoms with van der Waals surface area (Å²) < 4.78 is 6.29. The largest absolute Gasteiger partial charge is 0.496 e. The fraction of sp³-hybridized carbons (Fsp3) is 0.647. The van der Waals surface area contributed by atoms with Crippen LogP contribution in [0.3, 0.4) is 0 Å². The van der Waals surface area contributed by atoms with Crippen molar-refractivity contribution in [2.24, 2.45) is 11.3 Å². The maximum atomic E-state index is 6.92. The minimum atomic E-state index is 0.0922. The Labute approximate surface area is 136 Å². The molecule has 0 aliphatic heterocycles. The molecule has 0 radical (unpaired) electrons. The highest BCUT2D eigenvalue weighted by atomic mass is 79.9. The number of halogens is 2. The highest BCUT2D eigenvalue weighted by Crippen LogP contribution is 2.55. The van der Waals surface area contributed by atoms with Gasteiger partial charge in [-0.2, -0.15) is 0 Å². The predicted molar refractivity (Wildman–Crippen MR) is 89.6 cm³/mol. The van der Waals surface area contributed by atoms with Crippen LogP contribution in [-0.2, 0) is 0 Å². The van der Waals surface area contributed by atoms with E-state index >= 15 is 0 Å². The van der Waals surface area contributed by atoms with Gasteiger partial charge in [-0.15, -0.1) is 11.6 Å². The molecule has 1 saturated carbocycles. The van der Waals surface area contributed by atoms with Gasteiger partial charge in [0.15, 0.2) is 0 Å². The van der Waals surface area contributed by atoms with E-state index < -0.39 is 0 Å². The van der Waals surface area contributed by atoms with Crippen molar-refractivity contribution in [3.05, 3.63) is 28.2 Å². The van der Waals surface area contributed by atoms with E-state index in [1.54, 1.807) is 7.11 Å². The summed E-state index contributed by atoms with van der Waals surface area (Å²) in [4.78, 5) is 0. The molecule has 1 nitrogen and oxygen atoms in total. The summed E-state index contributed by atoms with van der Waals surface area (Å²) in [5.41, 5.74) is 1.48. The Morgan fingerprint density at radius 2 is 1.95 bits per heavy atom. The molecule has 0 bridgehead atoms. The van der Waals surface area contributed by atoms with Gasteiger partial charge in [-0.25, -0.2) is 0 Å². The fourth-order valence-electron chi connectivity index (χ4n) is 3.65. The number of rotatable bonds is 5. The number of methoxy groups -OCH3 is 1. The second-order valence-corrected chi connectivity index (χ2v) is 7.71. The number of hydrogen-bond donors (Lipinski definition) is 0. The van der Waals surface area contributed by atoms with Gasteiger partial charge in [0.1, 0.15) is 5.75 Å². The predicted octanol–water partition coefficient (Wildman–Crippen LogP) is 6.34. The molecule has 0 heterocycles. The van der Waals surface area contributed by atoms with Gasteiger partial charge in [-0.1, -0.05) is 32.8 Å². The lowest BCUT2D eigenvalue weighted by Crippen LogP contribution is -2.24. The molecule has 1 aromatic rings. The zero-order valence-corrected chi connectivity index (χ0v) is 14.9. The van der Waals surface area contributed by atoms with Gasteiger partial charge in [0.25, 0.3) is 0 Å². The minimum absolute atomic E-state index is 0.0922. The van der Waals surface area contributed by atoms with Gasteiger partial charge in [-0.3, -0.25) is 0 Å². The molecule has 0 amide bonds. The zero-order chi connectivity index (χ0) is 14.8. The van der Waals surface area contributed by atoms with E-state index in [9.17, 15) is 0 Å². The SMILES string of the molecule is COc1ccc(C(Cl)C2(CC(C)C)CCCC2)cc1Br. The normalized spacial score (nSPS) is 19.3. The van der Waals surface area contributed by atoms with Crippen molar-refractivity contribution < 1.29 is 4.74 Å². The molecule has 1 unspecified atom stereocenters. The Bertz CT molecular complexity index is 452. The fourth-order valence-corrected chi connectivity index (χ4v) is 4.65. The van der Waals surface area contributed by atoms with E-state index in [1.165, 1.54) is 37.7 Å². The van der Waals surface area contributed by atoms with E-state index in [-0.39, 0.29) is 10.8 Å². The average Bonchev–Trinajstić information content (AvgIpc) is 2.86. The van der Waals surface area contributed by atoms with Crippen molar-refractivity contribution in [1.82, 2.24) is 0 Å². The molecule has 1 aromatic carbocycles. The lowest BCUT2D eigenvalue weighted by molar-refractivity contribution is 0.223. The third kappa shape index (κ3) is 3.33. The van der Waals surface area contributed by atoms with Gasteiger partial charge >= 0.3 is 0 Å². The van der Waals surface area contributed by atoms with E-state index in [2.05, 4.69) is 41.9 Å². The number of benzene rings is 1. The van der Waals surface area contributed by atoms with Crippen LogP contribution in [0.5, 0.6) is 5.75 Å². The van der Waals surface area contributed by atoms with Crippen molar-refractivity contribution in [2.45, 2.75) is 51.3 Å². The quantitative estimate of drug-likeness (QED) is 0.557. The third-order valence-electron chi connectivity index (χ3n) is 4.42. The Hall–Kier alpha value is -0.210. The van der Waals surface area contributed by atoms with Crippen molar-refractivity contribution in [3.8, 4) is 5.75 Å². The highest BCUT2D eigenvalue weighted by molar-refractivity contribution is 9.10. The van der Waals surface area contributed by atoms with Gasteiger partial charge in [-0.05, 0) is 64.2 Å². The minimum Gasteiger partial charge on any atom is -0.496 e. The van der Waals surface area contributed by atoms with Crippen LogP contribution < -0.4 is 4.74 Å². The summed E-state index contributed by atoms with van der Waals surface area (Å²) in [6, 6.07) is 6.24. The van der Waals surface area contributed by atoms with E-state index in [1.807, 2.05) is 6.07 Å². The molecule has 0 spiro atoms. The molecule has 0 aromatic heterocycles. The third-order valence-corrected chi connectivity index (χ3v) is 5.75. The first-order valence-electron chi connectivity index (χ1n) is 7.46. The molecule has 3 heteroatoms. The average molecular weight is 360 g/mol. The van der Waals surface area contributed by atoms with Crippen molar-refractivity contribution >= 4 is 27.5 Å². The first-order valence-corrected chi connectivity index (χ1v) is 8.69.